The number of aliphatic imine (C=N–C) groups is 1. The number of phenolic OH excluding ortho intramolecular Hbond substituents is 1. The van der Waals surface area contributed by atoms with E-state index in [-0.39, 0.29) is 5.75 Å². The lowest BCUT2D eigenvalue weighted by atomic mass is 10.1. The van der Waals surface area contributed by atoms with Crippen LogP contribution in [0.4, 0.5) is 5.13 Å². The fraction of sp³-hybridized carbons (Fsp3) is 0. The molecule has 25 heavy (non-hydrogen) atoms. The average Bonchev–Trinajstić information content (AvgIpc) is 3.11. The van der Waals surface area contributed by atoms with Gasteiger partial charge in [0.25, 0.3) is 0 Å². The molecule has 1 heterocycles. The lowest BCUT2D eigenvalue weighted by molar-refractivity contribution is 0.481. The van der Waals surface area contributed by atoms with Gasteiger partial charge in [-0.2, -0.15) is 0 Å². The van der Waals surface area contributed by atoms with Crippen LogP contribution in [0.25, 0.3) is 22.0 Å². The highest BCUT2D eigenvalue weighted by molar-refractivity contribution is 9.10. The molecule has 3 nitrogen and oxygen atoms in total. The molecular formula is C20H13BrN2OS. The normalized spacial score (nSPS) is 11.4. The first kappa shape index (κ1) is 16.0. The van der Waals surface area contributed by atoms with E-state index in [2.05, 4.69) is 25.9 Å². The predicted molar refractivity (Wildman–Crippen MR) is 108 cm³/mol. The Hall–Kier alpha value is -2.50. The quantitative estimate of drug-likeness (QED) is 0.411. The third-order valence-electron chi connectivity index (χ3n) is 3.88. The molecule has 5 heteroatoms. The molecule has 0 atom stereocenters. The number of aromatic hydroxyl groups is 1. The van der Waals surface area contributed by atoms with Crippen molar-refractivity contribution in [2.45, 2.75) is 0 Å². The van der Waals surface area contributed by atoms with Gasteiger partial charge in [0.2, 0.25) is 5.13 Å². The third-order valence-corrected chi connectivity index (χ3v) is 5.16. The zero-order valence-corrected chi connectivity index (χ0v) is 15.5. The summed E-state index contributed by atoms with van der Waals surface area (Å²) >= 11 is 4.91. The van der Waals surface area contributed by atoms with Gasteiger partial charge in [0.05, 0.1) is 5.69 Å². The molecule has 1 aromatic heterocycles. The molecule has 0 fully saturated rings. The number of aromatic nitrogens is 1. The van der Waals surface area contributed by atoms with Crippen molar-refractivity contribution >= 4 is 49.4 Å². The number of nitrogens with zero attached hydrogens (tertiary/aromatic N) is 2. The zero-order chi connectivity index (χ0) is 17.2. The number of halogens is 1. The van der Waals surface area contributed by atoms with Crippen LogP contribution in [0.5, 0.6) is 5.75 Å². The third kappa shape index (κ3) is 3.34. The average molecular weight is 409 g/mol. The van der Waals surface area contributed by atoms with E-state index in [0.29, 0.717) is 10.7 Å². The number of rotatable bonds is 3. The molecule has 0 aliphatic carbocycles. The largest absolute Gasteiger partial charge is 0.507 e. The molecule has 0 spiro atoms. The molecule has 4 rings (SSSR count). The van der Waals surface area contributed by atoms with Crippen LogP contribution in [0, 0.1) is 0 Å². The molecule has 4 aromatic rings. The minimum absolute atomic E-state index is 0.242. The van der Waals surface area contributed by atoms with Gasteiger partial charge in [-0.05, 0) is 23.6 Å². The fourth-order valence-corrected chi connectivity index (χ4v) is 3.51. The van der Waals surface area contributed by atoms with Crippen LogP contribution in [-0.2, 0) is 0 Å². The van der Waals surface area contributed by atoms with E-state index in [0.717, 1.165) is 26.5 Å². The first-order valence-electron chi connectivity index (χ1n) is 7.67. The SMILES string of the molecule is Oc1c(C=Nc2nc(-c3ccc(Br)cc3)cs2)ccc2ccccc12. The van der Waals surface area contributed by atoms with Gasteiger partial charge in [-0.1, -0.05) is 58.4 Å². The van der Waals surface area contributed by atoms with Crippen molar-refractivity contribution in [2.24, 2.45) is 4.99 Å². The molecular weight excluding hydrogens is 396 g/mol. The molecule has 0 saturated heterocycles. The Labute approximate surface area is 157 Å². The van der Waals surface area contributed by atoms with Gasteiger partial charge in [0, 0.05) is 32.6 Å². The maximum atomic E-state index is 10.4. The van der Waals surface area contributed by atoms with Crippen LogP contribution in [0.15, 0.2) is 75.5 Å². The van der Waals surface area contributed by atoms with E-state index >= 15 is 0 Å². The van der Waals surface area contributed by atoms with Crippen molar-refractivity contribution in [1.29, 1.82) is 0 Å². The van der Waals surface area contributed by atoms with E-state index < -0.39 is 0 Å². The summed E-state index contributed by atoms with van der Waals surface area (Å²) in [4.78, 5) is 8.96. The van der Waals surface area contributed by atoms with Gasteiger partial charge in [-0.15, -0.1) is 11.3 Å². The highest BCUT2D eigenvalue weighted by Gasteiger charge is 2.06. The maximum Gasteiger partial charge on any atom is 0.209 e. The molecule has 0 amide bonds. The summed E-state index contributed by atoms with van der Waals surface area (Å²) in [6.07, 6.45) is 1.66. The number of benzene rings is 3. The van der Waals surface area contributed by atoms with E-state index in [1.54, 1.807) is 6.21 Å². The summed E-state index contributed by atoms with van der Waals surface area (Å²) in [5, 5.41) is 14.9. The van der Waals surface area contributed by atoms with Crippen LogP contribution in [0.3, 0.4) is 0 Å². The molecule has 0 aliphatic rings. The van der Waals surface area contributed by atoms with Crippen molar-refractivity contribution in [1.82, 2.24) is 4.98 Å². The summed E-state index contributed by atoms with van der Waals surface area (Å²) in [6, 6.07) is 19.6. The standard InChI is InChI=1S/C20H13BrN2OS/c21-16-9-7-14(8-10-16)18-12-25-20(23-18)22-11-15-6-5-13-3-1-2-4-17(13)19(15)24/h1-12,24H. The lowest BCUT2D eigenvalue weighted by Gasteiger charge is -2.03. The second-order valence-corrected chi connectivity index (χ2v) is 7.26. The molecule has 122 valence electrons. The zero-order valence-electron chi connectivity index (χ0n) is 13.1. The first-order chi connectivity index (χ1) is 12.2. The minimum atomic E-state index is 0.242. The predicted octanol–water partition coefficient (Wildman–Crippen LogP) is 6.18. The Bertz CT molecular complexity index is 1070. The molecule has 1 N–H and O–H groups in total. The monoisotopic (exact) mass is 408 g/mol. The van der Waals surface area contributed by atoms with E-state index in [1.807, 2.05) is 66.0 Å². The number of fused-ring (bicyclic) bond motifs is 1. The highest BCUT2D eigenvalue weighted by Crippen LogP contribution is 2.30. The van der Waals surface area contributed by atoms with Crippen LogP contribution in [-0.4, -0.2) is 16.3 Å². The maximum absolute atomic E-state index is 10.4. The molecule has 0 bridgehead atoms. The lowest BCUT2D eigenvalue weighted by Crippen LogP contribution is -1.84. The summed E-state index contributed by atoms with van der Waals surface area (Å²) in [7, 11) is 0. The van der Waals surface area contributed by atoms with E-state index in [9.17, 15) is 5.11 Å². The molecule has 0 radical (unpaired) electrons. The molecule has 0 unspecified atom stereocenters. The number of thiazole rings is 1. The summed E-state index contributed by atoms with van der Waals surface area (Å²) in [5.41, 5.74) is 2.63. The number of hydrogen-bond donors (Lipinski definition) is 1. The van der Waals surface area contributed by atoms with Gasteiger partial charge in [-0.3, -0.25) is 0 Å². The Morgan fingerprint density at radius 2 is 1.80 bits per heavy atom. The van der Waals surface area contributed by atoms with E-state index in [1.165, 1.54) is 11.3 Å². The van der Waals surface area contributed by atoms with Gasteiger partial charge in [-0.25, -0.2) is 9.98 Å². The van der Waals surface area contributed by atoms with Crippen molar-refractivity contribution < 1.29 is 5.11 Å². The summed E-state index contributed by atoms with van der Waals surface area (Å²) < 4.78 is 1.04. The van der Waals surface area contributed by atoms with Crippen molar-refractivity contribution in [3.63, 3.8) is 0 Å². The van der Waals surface area contributed by atoms with Crippen LogP contribution < -0.4 is 0 Å². The van der Waals surface area contributed by atoms with Crippen LogP contribution in [0.1, 0.15) is 5.56 Å². The molecule has 3 aromatic carbocycles. The number of hydrogen-bond acceptors (Lipinski definition) is 4. The van der Waals surface area contributed by atoms with Crippen molar-refractivity contribution in [3.05, 3.63) is 76.1 Å². The second-order valence-electron chi connectivity index (χ2n) is 5.50. The van der Waals surface area contributed by atoms with Crippen LogP contribution >= 0.6 is 27.3 Å². The molecule has 0 aliphatic heterocycles. The van der Waals surface area contributed by atoms with Gasteiger partial charge in [0.1, 0.15) is 5.75 Å². The summed E-state index contributed by atoms with van der Waals surface area (Å²) in [5.74, 6) is 0.242. The molecule has 0 saturated carbocycles. The Balaban J connectivity index is 1.62. The van der Waals surface area contributed by atoms with Crippen LogP contribution in [0.2, 0.25) is 0 Å². The topological polar surface area (TPSA) is 45.5 Å². The van der Waals surface area contributed by atoms with Gasteiger partial charge in [0.15, 0.2) is 0 Å². The highest BCUT2D eigenvalue weighted by atomic mass is 79.9. The van der Waals surface area contributed by atoms with Crippen molar-refractivity contribution in [3.8, 4) is 17.0 Å². The smallest absolute Gasteiger partial charge is 0.209 e. The van der Waals surface area contributed by atoms with Crippen molar-refractivity contribution in [2.75, 3.05) is 0 Å². The summed E-state index contributed by atoms with van der Waals surface area (Å²) in [6.45, 7) is 0. The Morgan fingerprint density at radius 3 is 2.64 bits per heavy atom. The Morgan fingerprint density at radius 1 is 1.00 bits per heavy atom. The minimum Gasteiger partial charge on any atom is -0.507 e. The second kappa shape index (κ2) is 6.78. The van der Waals surface area contributed by atoms with Gasteiger partial charge >= 0.3 is 0 Å². The fourth-order valence-electron chi connectivity index (χ4n) is 2.58. The van der Waals surface area contributed by atoms with E-state index in [4.69, 9.17) is 0 Å². The Kier molecular flexibility index (Phi) is 4.34. The number of phenols is 1. The van der Waals surface area contributed by atoms with Gasteiger partial charge < -0.3 is 5.11 Å². The first-order valence-corrected chi connectivity index (χ1v) is 9.34.